The predicted octanol–water partition coefficient (Wildman–Crippen LogP) is 3.74. The van der Waals surface area contributed by atoms with Crippen LogP contribution in [-0.4, -0.2) is 18.7 Å². The number of rotatable bonds is 4. The molecule has 0 bridgehead atoms. The van der Waals surface area contributed by atoms with E-state index in [-0.39, 0.29) is 0 Å². The van der Waals surface area contributed by atoms with Gasteiger partial charge < -0.3 is 10.0 Å². The summed E-state index contributed by atoms with van der Waals surface area (Å²) in [6.07, 6.45) is 3.72. The van der Waals surface area contributed by atoms with E-state index in [0.717, 1.165) is 22.5 Å². The molecule has 0 aromatic heterocycles. The average molecular weight is 298 g/mol. The summed E-state index contributed by atoms with van der Waals surface area (Å²) in [5.74, 6) is 0.871. The number of aliphatic hydroxyl groups excluding tert-OH is 1. The molecule has 1 fully saturated rings. The lowest BCUT2D eigenvalue weighted by Gasteiger charge is -2.31. The van der Waals surface area contributed by atoms with Gasteiger partial charge in [0, 0.05) is 23.8 Å². The second-order valence-corrected chi connectivity index (χ2v) is 5.91. The van der Waals surface area contributed by atoms with Crippen molar-refractivity contribution in [1.29, 1.82) is 0 Å². The highest BCUT2D eigenvalue weighted by molar-refractivity contribution is 9.10. The molecule has 2 rings (SSSR count). The first-order valence-electron chi connectivity index (χ1n) is 6.26. The van der Waals surface area contributed by atoms with Gasteiger partial charge in [-0.15, -0.1) is 0 Å². The zero-order valence-electron chi connectivity index (χ0n) is 10.5. The van der Waals surface area contributed by atoms with E-state index in [1.807, 2.05) is 6.07 Å². The van der Waals surface area contributed by atoms with Crippen LogP contribution in [0.25, 0.3) is 0 Å². The third-order valence-electron chi connectivity index (χ3n) is 3.63. The maximum Gasteiger partial charge on any atom is 0.0772 e. The molecule has 1 atom stereocenters. The van der Waals surface area contributed by atoms with E-state index in [1.54, 1.807) is 6.92 Å². The van der Waals surface area contributed by atoms with E-state index in [9.17, 15) is 5.11 Å². The van der Waals surface area contributed by atoms with Crippen molar-refractivity contribution in [2.75, 3.05) is 18.5 Å². The number of anilines is 1. The lowest BCUT2D eigenvalue weighted by Crippen LogP contribution is -2.29. The van der Waals surface area contributed by atoms with Gasteiger partial charge in [-0.25, -0.2) is 0 Å². The molecule has 0 spiro atoms. The van der Waals surface area contributed by atoms with Crippen molar-refractivity contribution in [3.63, 3.8) is 0 Å². The number of benzene rings is 1. The molecule has 1 saturated carbocycles. The van der Waals surface area contributed by atoms with Crippen LogP contribution in [0.5, 0.6) is 0 Å². The zero-order valence-corrected chi connectivity index (χ0v) is 12.1. The standard InChI is InChI=1S/C14H20BrNO/c1-10(17)13-7-6-12(8-14(13)15)16(2)9-11-4-3-5-11/h6-8,10-11,17H,3-5,9H2,1-2H3/t10-/m0/s1. The Kier molecular flexibility index (Phi) is 4.10. The monoisotopic (exact) mass is 297 g/mol. The van der Waals surface area contributed by atoms with Gasteiger partial charge in [-0.2, -0.15) is 0 Å². The molecule has 1 N–H and O–H groups in total. The molecule has 0 radical (unpaired) electrons. The summed E-state index contributed by atoms with van der Waals surface area (Å²) in [6.45, 7) is 2.93. The van der Waals surface area contributed by atoms with Crippen LogP contribution in [0.4, 0.5) is 5.69 Å². The van der Waals surface area contributed by atoms with Crippen molar-refractivity contribution >= 4 is 21.6 Å². The fourth-order valence-corrected chi connectivity index (χ4v) is 2.96. The molecule has 94 valence electrons. The molecule has 2 nitrogen and oxygen atoms in total. The molecule has 0 aliphatic heterocycles. The van der Waals surface area contributed by atoms with Crippen LogP contribution in [0, 0.1) is 5.92 Å². The van der Waals surface area contributed by atoms with Gasteiger partial charge in [0.15, 0.2) is 0 Å². The maximum atomic E-state index is 9.58. The largest absolute Gasteiger partial charge is 0.389 e. The predicted molar refractivity (Wildman–Crippen MR) is 75.4 cm³/mol. The summed E-state index contributed by atoms with van der Waals surface area (Å²) in [5.41, 5.74) is 2.17. The summed E-state index contributed by atoms with van der Waals surface area (Å²) in [7, 11) is 2.14. The molecule has 1 aliphatic carbocycles. The van der Waals surface area contributed by atoms with E-state index in [1.165, 1.54) is 24.9 Å². The van der Waals surface area contributed by atoms with Crippen molar-refractivity contribution in [2.24, 2.45) is 5.92 Å². The Hall–Kier alpha value is -0.540. The zero-order chi connectivity index (χ0) is 12.4. The molecular weight excluding hydrogens is 278 g/mol. The number of nitrogens with zero attached hydrogens (tertiary/aromatic N) is 1. The minimum absolute atomic E-state index is 0.421. The average Bonchev–Trinajstić information content (AvgIpc) is 2.22. The van der Waals surface area contributed by atoms with Crippen molar-refractivity contribution in [3.8, 4) is 0 Å². The Morgan fingerprint density at radius 1 is 1.47 bits per heavy atom. The van der Waals surface area contributed by atoms with Crippen LogP contribution < -0.4 is 4.90 Å². The quantitative estimate of drug-likeness (QED) is 0.915. The fraction of sp³-hybridized carbons (Fsp3) is 0.571. The number of halogens is 1. The van der Waals surface area contributed by atoms with Crippen molar-refractivity contribution < 1.29 is 5.11 Å². The van der Waals surface area contributed by atoms with Crippen molar-refractivity contribution in [1.82, 2.24) is 0 Å². The van der Waals surface area contributed by atoms with Gasteiger partial charge in [0.05, 0.1) is 6.10 Å². The molecule has 0 heterocycles. The molecule has 0 saturated heterocycles. The van der Waals surface area contributed by atoms with Gasteiger partial charge >= 0.3 is 0 Å². The second-order valence-electron chi connectivity index (χ2n) is 5.06. The third-order valence-corrected chi connectivity index (χ3v) is 4.32. The molecule has 0 amide bonds. The second kappa shape index (κ2) is 5.40. The molecule has 1 aromatic carbocycles. The van der Waals surface area contributed by atoms with Crippen LogP contribution in [0.2, 0.25) is 0 Å². The summed E-state index contributed by atoms with van der Waals surface area (Å²) >= 11 is 3.53. The van der Waals surface area contributed by atoms with Gasteiger partial charge in [0.2, 0.25) is 0 Å². The van der Waals surface area contributed by atoms with Gasteiger partial charge in [0.1, 0.15) is 0 Å². The SMILES string of the molecule is C[C@H](O)c1ccc(N(C)CC2CCC2)cc1Br. The van der Waals surface area contributed by atoms with Gasteiger partial charge in [-0.3, -0.25) is 0 Å². The number of hydrogen-bond acceptors (Lipinski definition) is 2. The molecule has 3 heteroatoms. The first-order chi connectivity index (χ1) is 8.08. The highest BCUT2D eigenvalue weighted by Crippen LogP contribution is 2.31. The van der Waals surface area contributed by atoms with Crippen LogP contribution in [-0.2, 0) is 0 Å². The maximum absolute atomic E-state index is 9.58. The minimum atomic E-state index is -0.421. The highest BCUT2D eigenvalue weighted by atomic mass is 79.9. The fourth-order valence-electron chi connectivity index (χ4n) is 2.26. The molecule has 0 unspecified atom stereocenters. The first kappa shape index (κ1) is 12.9. The highest BCUT2D eigenvalue weighted by Gasteiger charge is 2.19. The van der Waals surface area contributed by atoms with Gasteiger partial charge in [-0.05, 0) is 43.4 Å². The van der Waals surface area contributed by atoms with Crippen molar-refractivity contribution in [2.45, 2.75) is 32.3 Å². The van der Waals surface area contributed by atoms with E-state index in [2.05, 4.69) is 40.0 Å². The minimum Gasteiger partial charge on any atom is -0.389 e. The summed E-state index contributed by atoms with van der Waals surface area (Å²) in [6, 6.07) is 6.19. The van der Waals surface area contributed by atoms with E-state index >= 15 is 0 Å². The smallest absolute Gasteiger partial charge is 0.0772 e. The number of aliphatic hydroxyl groups is 1. The lowest BCUT2D eigenvalue weighted by atomic mass is 9.85. The lowest BCUT2D eigenvalue weighted by molar-refractivity contribution is 0.198. The van der Waals surface area contributed by atoms with Crippen LogP contribution >= 0.6 is 15.9 Å². The molecule has 1 aromatic rings. The number of hydrogen-bond donors (Lipinski definition) is 1. The summed E-state index contributed by atoms with van der Waals surface area (Å²) in [5, 5.41) is 9.58. The Bertz CT molecular complexity index is 388. The molecule has 1 aliphatic rings. The Balaban J connectivity index is 2.07. The normalized spacial score (nSPS) is 17.6. The summed E-state index contributed by atoms with van der Waals surface area (Å²) in [4.78, 5) is 2.31. The summed E-state index contributed by atoms with van der Waals surface area (Å²) < 4.78 is 0.991. The topological polar surface area (TPSA) is 23.5 Å². The third kappa shape index (κ3) is 3.02. The van der Waals surface area contributed by atoms with Gasteiger partial charge in [-0.1, -0.05) is 28.4 Å². The first-order valence-corrected chi connectivity index (χ1v) is 7.06. The van der Waals surface area contributed by atoms with Crippen molar-refractivity contribution in [3.05, 3.63) is 28.2 Å². The Morgan fingerprint density at radius 3 is 2.65 bits per heavy atom. The van der Waals surface area contributed by atoms with E-state index in [4.69, 9.17) is 0 Å². The Labute approximate surface area is 112 Å². The van der Waals surface area contributed by atoms with E-state index < -0.39 is 6.10 Å². The molecular formula is C14H20BrNO. The van der Waals surface area contributed by atoms with Gasteiger partial charge in [0.25, 0.3) is 0 Å². The van der Waals surface area contributed by atoms with Crippen LogP contribution in [0.15, 0.2) is 22.7 Å². The van der Waals surface area contributed by atoms with Crippen LogP contribution in [0.1, 0.15) is 37.9 Å². The van der Waals surface area contributed by atoms with E-state index in [0.29, 0.717) is 0 Å². The molecule has 17 heavy (non-hydrogen) atoms. The Morgan fingerprint density at radius 2 is 2.18 bits per heavy atom. The van der Waals surface area contributed by atoms with Crippen LogP contribution in [0.3, 0.4) is 0 Å².